The predicted octanol–water partition coefficient (Wildman–Crippen LogP) is 3.66. The van der Waals surface area contributed by atoms with E-state index in [-0.39, 0.29) is 0 Å². The summed E-state index contributed by atoms with van der Waals surface area (Å²) in [6.07, 6.45) is 5.52. The molecule has 140 valence electrons. The van der Waals surface area contributed by atoms with E-state index < -0.39 is 0 Å². The highest BCUT2D eigenvalue weighted by atomic mass is 15.2. The summed E-state index contributed by atoms with van der Waals surface area (Å²) in [5, 5.41) is 0. The van der Waals surface area contributed by atoms with E-state index in [1.165, 1.54) is 70.5 Å². The second kappa shape index (κ2) is 9.16. The lowest BCUT2D eigenvalue weighted by molar-refractivity contribution is 0.155. The van der Waals surface area contributed by atoms with E-state index in [1.807, 2.05) is 0 Å². The fraction of sp³-hybridized carbons (Fsp3) is 0.727. The van der Waals surface area contributed by atoms with Crippen molar-refractivity contribution in [1.29, 1.82) is 0 Å². The normalized spacial score (nSPS) is 24.2. The van der Waals surface area contributed by atoms with E-state index >= 15 is 0 Å². The zero-order chi connectivity index (χ0) is 17.6. The van der Waals surface area contributed by atoms with E-state index in [4.69, 9.17) is 0 Å². The van der Waals surface area contributed by atoms with E-state index in [1.54, 1.807) is 5.56 Å². The van der Waals surface area contributed by atoms with Crippen LogP contribution in [-0.4, -0.2) is 68.1 Å². The molecule has 1 aliphatic carbocycles. The van der Waals surface area contributed by atoms with Crippen LogP contribution in [0.1, 0.15) is 49.7 Å². The quantitative estimate of drug-likeness (QED) is 0.677. The molecule has 0 aromatic heterocycles. The fourth-order valence-electron chi connectivity index (χ4n) is 4.34. The Morgan fingerprint density at radius 3 is 2.28 bits per heavy atom. The predicted molar refractivity (Wildman–Crippen MR) is 107 cm³/mol. The summed E-state index contributed by atoms with van der Waals surface area (Å²) in [7, 11) is 4.33. The van der Waals surface area contributed by atoms with Crippen LogP contribution in [0.5, 0.6) is 0 Å². The molecule has 3 nitrogen and oxygen atoms in total. The Labute approximate surface area is 155 Å². The third kappa shape index (κ3) is 5.54. The summed E-state index contributed by atoms with van der Waals surface area (Å²) in [5.74, 6) is 1.70. The van der Waals surface area contributed by atoms with Crippen molar-refractivity contribution in [2.24, 2.45) is 5.92 Å². The van der Waals surface area contributed by atoms with Crippen LogP contribution in [-0.2, 0) is 6.54 Å². The molecule has 0 bridgehead atoms. The zero-order valence-corrected chi connectivity index (χ0v) is 16.6. The summed E-state index contributed by atoms with van der Waals surface area (Å²) in [6.45, 7) is 10.9. The summed E-state index contributed by atoms with van der Waals surface area (Å²) in [4.78, 5) is 7.50. The van der Waals surface area contributed by atoms with Crippen LogP contribution in [0.4, 0.5) is 0 Å². The smallest absolute Gasteiger partial charge is 0.0233 e. The van der Waals surface area contributed by atoms with Crippen molar-refractivity contribution in [1.82, 2.24) is 14.7 Å². The van der Waals surface area contributed by atoms with Crippen molar-refractivity contribution in [2.45, 2.75) is 45.1 Å². The van der Waals surface area contributed by atoms with E-state index in [9.17, 15) is 0 Å². The van der Waals surface area contributed by atoms with Crippen LogP contribution >= 0.6 is 0 Å². The lowest BCUT2D eigenvalue weighted by Gasteiger charge is -2.39. The first kappa shape index (κ1) is 18.9. The minimum absolute atomic E-state index is 0.804. The summed E-state index contributed by atoms with van der Waals surface area (Å²) in [6, 6.07) is 9.54. The molecule has 2 fully saturated rings. The van der Waals surface area contributed by atoms with Gasteiger partial charge in [-0.1, -0.05) is 31.2 Å². The highest BCUT2D eigenvalue weighted by molar-refractivity contribution is 5.27. The molecule has 0 amide bonds. The van der Waals surface area contributed by atoms with Gasteiger partial charge >= 0.3 is 0 Å². The molecule has 0 radical (unpaired) electrons. The standard InChI is InChI=1S/C22H37N3/c1-4-24(14-13-23(2)3)18-20-15-22(16-20)21-9-7-19(8-10-21)17-25-11-5-6-12-25/h7-10,20,22H,4-6,11-18H2,1-3H3/t20-,22-. The maximum absolute atomic E-state index is 2.63. The maximum atomic E-state index is 2.63. The molecule has 1 saturated carbocycles. The van der Waals surface area contributed by atoms with Gasteiger partial charge in [0, 0.05) is 26.2 Å². The lowest BCUT2D eigenvalue weighted by atomic mass is 9.71. The molecule has 3 rings (SSSR count). The average Bonchev–Trinajstić information content (AvgIpc) is 3.07. The highest BCUT2D eigenvalue weighted by Gasteiger charge is 2.31. The fourth-order valence-corrected chi connectivity index (χ4v) is 4.34. The Bertz CT molecular complexity index is 499. The number of rotatable bonds is 9. The van der Waals surface area contributed by atoms with Gasteiger partial charge < -0.3 is 9.80 Å². The number of nitrogens with zero attached hydrogens (tertiary/aromatic N) is 3. The lowest BCUT2D eigenvalue weighted by Crippen LogP contribution is -2.38. The molecule has 1 aromatic rings. The van der Waals surface area contributed by atoms with E-state index in [0.29, 0.717) is 0 Å². The number of likely N-dealkylation sites (tertiary alicyclic amines) is 1. The Balaban J connectivity index is 1.41. The monoisotopic (exact) mass is 343 g/mol. The molecule has 0 spiro atoms. The number of hydrogen-bond acceptors (Lipinski definition) is 3. The van der Waals surface area contributed by atoms with Crippen LogP contribution < -0.4 is 0 Å². The summed E-state index contributed by atoms with van der Waals surface area (Å²) >= 11 is 0. The van der Waals surface area contributed by atoms with Crippen LogP contribution in [0, 0.1) is 5.92 Å². The first-order valence-corrected chi connectivity index (χ1v) is 10.3. The van der Waals surface area contributed by atoms with Crippen molar-refractivity contribution >= 4 is 0 Å². The average molecular weight is 344 g/mol. The molecule has 0 unspecified atom stereocenters. The Morgan fingerprint density at radius 2 is 1.68 bits per heavy atom. The number of likely N-dealkylation sites (N-methyl/N-ethyl adjacent to an activating group) is 2. The van der Waals surface area contributed by atoms with Gasteiger partial charge in [-0.05, 0) is 82.4 Å². The molecular formula is C22H37N3. The number of hydrogen-bond donors (Lipinski definition) is 0. The van der Waals surface area contributed by atoms with Crippen molar-refractivity contribution < 1.29 is 0 Å². The van der Waals surface area contributed by atoms with Gasteiger partial charge in [0.15, 0.2) is 0 Å². The molecule has 25 heavy (non-hydrogen) atoms. The largest absolute Gasteiger partial charge is 0.308 e. The minimum Gasteiger partial charge on any atom is -0.308 e. The third-order valence-electron chi connectivity index (χ3n) is 6.12. The van der Waals surface area contributed by atoms with Crippen molar-refractivity contribution in [3.8, 4) is 0 Å². The first-order chi connectivity index (χ1) is 12.1. The van der Waals surface area contributed by atoms with Gasteiger partial charge in [0.2, 0.25) is 0 Å². The topological polar surface area (TPSA) is 9.72 Å². The van der Waals surface area contributed by atoms with Crippen LogP contribution in [0.25, 0.3) is 0 Å². The Morgan fingerprint density at radius 1 is 1.00 bits per heavy atom. The highest BCUT2D eigenvalue weighted by Crippen LogP contribution is 2.42. The van der Waals surface area contributed by atoms with Gasteiger partial charge in [-0.2, -0.15) is 0 Å². The third-order valence-corrected chi connectivity index (χ3v) is 6.12. The van der Waals surface area contributed by atoms with Crippen molar-refractivity contribution in [3.05, 3.63) is 35.4 Å². The Hall–Kier alpha value is -0.900. The van der Waals surface area contributed by atoms with Gasteiger partial charge in [0.05, 0.1) is 0 Å². The van der Waals surface area contributed by atoms with Crippen molar-refractivity contribution in [2.75, 3.05) is 53.4 Å². The molecule has 1 saturated heterocycles. The van der Waals surface area contributed by atoms with Gasteiger partial charge in [0.25, 0.3) is 0 Å². The van der Waals surface area contributed by atoms with Gasteiger partial charge in [-0.15, -0.1) is 0 Å². The SMILES string of the molecule is CCN(CCN(C)C)C[C@H]1C[C@H](c2ccc(CN3CCCC3)cc2)C1. The van der Waals surface area contributed by atoms with Gasteiger partial charge in [-0.3, -0.25) is 4.90 Å². The maximum Gasteiger partial charge on any atom is 0.0233 e. The molecule has 1 heterocycles. The molecule has 1 aromatic carbocycles. The van der Waals surface area contributed by atoms with Gasteiger partial charge in [-0.25, -0.2) is 0 Å². The van der Waals surface area contributed by atoms with Gasteiger partial charge in [0.1, 0.15) is 0 Å². The molecule has 3 heteroatoms. The molecule has 0 atom stereocenters. The second-order valence-corrected chi connectivity index (χ2v) is 8.46. The molecule has 2 aliphatic rings. The molecular weight excluding hydrogens is 306 g/mol. The minimum atomic E-state index is 0.804. The van der Waals surface area contributed by atoms with Crippen LogP contribution in [0.2, 0.25) is 0 Å². The zero-order valence-electron chi connectivity index (χ0n) is 16.6. The Kier molecular flexibility index (Phi) is 6.92. The van der Waals surface area contributed by atoms with Crippen LogP contribution in [0.3, 0.4) is 0 Å². The summed E-state index contributed by atoms with van der Waals surface area (Å²) < 4.78 is 0. The number of benzene rings is 1. The van der Waals surface area contributed by atoms with E-state index in [0.717, 1.165) is 18.4 Å². The summed E-state index contributed by atoms with van der Waals surface area (Å²) in [5.41, 5.74) is 3.06. The molecule has 1 aliphatic heterocycles. The van der Waals surface area contributed by atoms with E-state index in [2.05, 4.69) is 60.0 Å². The molecule has 0 N–H and O–H groups in total. The first-order valence-electron chi connectivity index (χ1n) is 10.3. The van der Waals surface area contributed by atoms with Crippen molar-refractivity contribution in [3.63, 3.8) is 0 Å². The second-order valence-electron chi connectivity index (χ2n) is 8.46. The van der Waals surface area contributed by atoms with Crippen LogP contribution in [0.15, 0.2) is 24.3 Å².